The summed E-state index contributed by atoms with van der Waals surface area (Å²) in [6.07, 6.45) is 0. The Balaban J connectivity index is 2.00. The molecule has 0 bridgehead atoms. The standard InChI is InChI=1S/C7H13IN2/c1-9-2-6-4-10(8)5-7(6)3-9/h6-7H,2-5H2,1H3. The van der Waals surface area contributed by atoms with Crippen LogP contribution in [0.2, 0.25) is 0 Å². The summed E-state index contributed by atoms with van der Waals surface area (Å²) in [4.78, 5) is 2.46. The number of fused-ring (bicyclic) bond motifs is 1. The van der Waals surface area contributed by atoms with E-state index in [1.807, 2.05) is 0 Å². The van der Waals surface area contributed by atoms with Crippen molar-refractivity contribution in [2.45, 2.75) is 0 Å². The summed E-state index contributed by atoms with van der Waals surface area (Å²) in [7, 11) is 2.23. The first kappa shape index (κ1) is 7.31. The van der Waals surface area contributed by atoms with Gasteiger partial charge in [0.1, 0.15) is 0 Å². The fourth-order valence-corrected chi connectivity index (χ4v) is 3.18. The third-order valence-corrected chi connectivity index (χ3v) is 3.41. The van der Waals surface area contributed by atoms with E-state index in [0.29, 0.717) is 0 Å². The second kappa shape index (κ2) is 2.60. The summed E-state index contributed by atoms with van der Waals surface area (Å²) in [5, 5.41) is 0. The number of nitrogens with zero attached hydrogens (tertiary/aromatic N) is 2. The molecule has 2 heterocycles. The van der Waals surface area contributed by atoms with Gasteiger partial charge in [0.25, 0.3) is 0 Å². The molecule has 0 aromatic carbocycles. The predicted octanol–water partition coefficient (Wildman–Crippen LogP) is 0.830. The molecule has 0 radical (unpaired) electrons. The molecule has 2 nitrogen and oxygen atoms in total. The zero-order chi connectivity index (χ0) is 7.14. The van der Waals surface area contributed by atoms with Gasteiger partial charge < -0.3 is 4.90 Å². The molecule has 0 spiro atoms. The highest BCUT2D eigenvalue weighted by atomic mass is 127. The lowest BCUT2D eigenvalue weighted by Gasteiger charge is -2.11. The van der Waals surface area contributed by atoms with E-state index in [0.717, 1.165) is 11.8 Å². The maximum Gasteiger partial charge on any atom is 0.0201 e. The number of halogens is 1. The number of likely N-dealkylation sites (tertiary alicyclic amines) is 1. The van der Waals surface area contributed by atoms with E-state index in [1.165, 1.54) is 26.2 Å². The van der Waals surface area contributed by atoms with Crippen molar-refractivity contribution in [3.63, 3.8) is 0 Å². The quantitative estimate of drug-likeness (QED) is 0.465. The van der Waals surface area contributed by atoms with E-state index < -0.39 is 0 Å². The Hall–Kier alpha value is 0.650. The molecule has 2 aliphatic rings. The van der Waals surface area contributed by atoms with Gasteiger partial charge in [-0.3, -0.25) is 0 Å². The fraction of sp³-hybridized carbons (Fsp3) is 1.00. The molecule has 10 heavy (non-hydrogen) atoms. The van der Waals surface area contributed by atoms with Crippen LogP contribution >= 0.6 is 22.9 Å². The molecule has 2 atom stereocenters. The topological polar surface area (TPSA) is 6.48 Å². The second-order valence-corrected chi connectivity index (χ2v) is 4.93. The minimum atomic E-state index is 0.974. The van der Waals surface area contributed by atoms with E-state index in [9.17, 15) is 0 Å². The first-order valence-corrected chi connectivity index (χ1v) is 4.81. The molecular weight excluding hydrogens is 239 g/mol. The van der Waals surface area contributed by atoms with Crippen LogP contribution in [0.1, 0.15) is 0 Å². The van der Waals surface area contributed by atoms with Crippen molar-refractivity contribution >= 4 is 22.9 Å². The second-order valence-electron chi connectivity index (χ2n) is 3.57. The lowest BCUT2D eigenvalue weighted by atomic mass is 10.0. The van der Waals surface area contributed by atoms with Crippen LogP contribution in [0.5, 0.6) is 0 Å². The van der Waals surface area contributed by atoms with Gasteiger partial charge in [0.05, 0.1) is 0 Å². The Morgan fingerprint density at radius 2 is 1.60 bits per heavy atom. The smallest absolute Gasteiger partial charge is 0.0201 e. The number of hydrogen-bond acceptors (Lipinski definition) is 2. The van der Waals surface area contributed by atoms with E-state index in [-0.39, 0.29) is 0 Å². The minimum absolute atomic E-state index is 0.974. The molecule has 0 aliphatic carbocycles. The molecule has 0 amide bonds. The van der Waals surface area contributed by atoms with Gasteiger partial charge >= 0.3 is 0 Å². The number of hydrogen-bond donors (Lipinski definition) is 0. The molecule has 0 N–H and O–H groups in total. The largest absolute Gasteiger partial charge is 0.306 e. The Bertz CT molecular complexity index is 112. The predicted molar refractivity (Wildman–Crippen MR) is 50.1 cm³/mol. The molecule has 0 aromatic rings. The summed E-state index contributed by atoms with van der Waals surface area (Å²) in [5.41, 5.74) is 0. The van der Waals surface area contributed by atoms with Crippen molar-refractivity contribution in [3.05, 3.63) is 0 Å². The zero-order valence-electron chi connectivity index (χ0n) is 6.26. The average molecular weight is 252 g/mol. The third-order valence-electron chi connectivity index (χ3n) is 2.62. The van der Waals surface area contributed by atoms with Gasteiger partial charge in [-0.25, -0.2) is 3.11 Å². The Labute approximate surface area is 76.1 Å². The lowest BCUT2D eigenvalue weighted by molar-refractivity contribution is 0.366. The van der Waals surface area contributed by atoms with Crippen molar-refractivity contribution < 1.29 is 0 Å². The van der Waals surface area contributed by atoms with Crippen molar-refractivity contribution in [1.29, 1.82) is 0 Å². The Kier molecular flexibility index (Phi) is 1.90. The number of rotatable bonds is 0. The molecule has 2 fully saturated rings. The normalized spacial score (nSPS) is 42.6. The van der Waals surface area contributed by atoms with Crippen molar-refractivity contribution in [3.8, 4) is 0 Å². The van der Waals surface area contributed by atoms with Crippen LogP contribution in [-0.4, -0.2) is 41.2 Å². The molecule has 2 unspecified atom stereocenters. The zero-order valence-corrected chi connectivity index (χ0v) is 8.41. The molecule has 0 aromatic heterocycles. The van der Waals surface area contributed by atoms with Crippen LogP contribution in [0.15, 0.2) is 0 Å². The van der Waals surface area contributed by atoms with Gasteiger partial charge in [0, 0.05) is 49.0 Å². The SMILES string of the molecule is CN1CC2CN(I)CC2C1. The third kappa shape index (κ3) is 1.19. The van der Waals surface area contributed by atoms with E-state index in [2.05, 4.69) is 37.9 Å². The van der Waals surface area contributed by atoms with Crippen LogP contribution in [0.25, 0.3) is 0 Å². The lowest BCUT2D eigenvalue weighted by Crippen LogP contribution is -2.20. The summed E-state index contributed by atoms with van der Waals surface area (Å²) in [6, 6.07) is 0. The molecule has 2 aliphatic heterocycles. The molecule has 3 heteroatoms. The van der Waals surface area contributed by atoms with E-state index >= 15 is 0 Å². The molecule has 2 saturated heterocycles. The highest BCUT2D eigenvalue weighted by Gasteiger charge is 2.37. The van der Waals surface area contributed by atoms with Crippen molar-refractivity contribution in [2.75, 3.05) is 33.2 Å². The first-order valence-electron chi connectivity index (χ1n) is 3.85. The maximum absolute atomic E-state index is 2.46. The summed E-state index contributed by atoms with van der Waals surface area (Å²) < 4.78 is 2.43. The van der Waals surface area contributed by atoms with Crippen LogP contribution < -0.4 is 0 Å². The molecule has 2 rings (SSSR count). The minimum Gasteiger partial charge on any atom is -0.306 e. The summed E-state index contributed by atoms with van der Waals surface area (Å²) >= 11 is 2.44. The molecule has 58 valence electrons. The van der Waals surface area contributed by atoms with Crippen LogP contribution in [0.3, 0.4) is 0 Å². The highest BCUT2D eigenvalue weighted by molar-refractivity contribution is 14.1. The van der Waals surface area contributed by atoms with Gasteiger partial charge in [0.2, 0.25) is 0 Å². The van der Waals surface area contributed by atoms with Crippen LogP contribution in [0, 0.1) is 11.8 Å². The Morgan fingerprint density at radius 3 is 2.10 bits per heavy atom. The van der Waals surface area contributed by atoms with Gasteiger partial charge in [0.15, 0.2) is 0 Å². The summed E-state index contributed by atoms with van der Waals surface area (Å²) in [5.74, 6) is 1.95. The van der Waals surface area contributed by atoms with Crippen molar-refractivity contribution in [1.82, 2.24) is 8.01 Å². The first-order chi connectivity index (χ1) is 4.75. The van der Waals surface area contributed by atoms with Gasteiger partial charge in [-0.05, 0) is 18.9 Å². The average Bonchev–Trinajstić information content (AvgIpc) is 2.21. The van der Waals surface area contributed by atoms with Crippen molar-refractivity contribution in [2.24, 2.45) is 11.8 Å². The highest BCUT2D eigenvalue weighted by Crippen LogP contribution is 2.31. The molecular formula is C7H13IN2. The summed E-state index contributed by atoms with van der Waals surface area (Å²) in [6.45, 7) is 5.28. The van der Waals surface area contributed by atoms with E-state index in [4.69, 9.17) is 0 Å². The monoisotopic (exact) mass is 252 g/mol. The van der Waals surface area contributed by atoms with Gasteiger partial charge in [-0.2, -0.15) is 0 Å². The van der Waals surface area contributed by atoms with Gasteiger partial charge in [-0.1, -0.05) is 0 Å². The van der Waals surface area contributed by atoms with Crippen LogP contribution in [0.4, 0.5) is 0 Å². The van der Waals surface area contributed by atoms with Gasteiger partial charge in [-0.15, -0.1) is 0 Å². The molecule has 0 saturated carbocycles. The fourth-order valence-electron chi connectivity index (χ4n) is 2.17. The van der Waals surface area contributed by atoms with Crippen LogP contribution in [-0.2, 0) is 0 Å². The Morgan fingerprint density at radius 1 is 1.10 bits per heavy atom. The maximum atomic E-state index is 2.46. The van der Waals surface area contributed by atoms with E-state index in [1.54, 1.807) is 0 Å².